The maximum atomic E-state index is 2.75. The second-order valence-electron chi connectivity index (χ2n) is 6.93. The van der Waals surface area contributed by atoms with Gasteiger partial charge in [0.1, 0.15) is 1.17 Å². The van der Waals surface area contributed by atoms with Crippen LogP contribution >= 0.6 is 61.0 Å². The van der Waals surface area contributed by atoms with E-state index in [2.05, 4.69) is 167 Å². The van der Waals surface area contributed by atoms with E-state index in [4.69, 9.17) is 0 Å². The minimum absolute atomic E-state index is 0.0882. The zero-order chi connectivity index (χ0) is 20.8. The van der Waals surface area contributed by atoms with Gasteiger partial charge in [-0.1, -0.05) is 167 Å². The van der Waals surface area contributed by atoms with E-state index in [1.807, 2.05) is 0 Å². The first-order chi connectivity index (χ1) is 14.6. The minimum atomic E-state index is -0.518. The summed E-state index contributed by atoms with van der Waals surface area (Å²) >= 11 is 5.49. The van der Waals surface area contributed by atoms with Crippen molar-refractivity contribution in [1.82, 2.24) is 0 Å². The number of hydrogen-bond acceptors (Lipinski definition) is 0. The third-order valence-corrected chi connectivity index (χ3v) is 15.0. The number of alkyl halides is 2. The molecule has 0 nitrogen and oxygen atoms in total. The molecule has 0 saturated heterocycles. The van der Waals surface area contributed by atoms with Crippen LogP contribution in [0.3, 0.4) is 0 Å². The van der Waals surface area contributed by atoms with Gasteiger partial charge in [-0.3, -0.25) is 0 Å². The molecule has 0 aliphatic heterocycles. The number of benzene rings is 4. The highest BCUT2D eigenvalue weighted by Gasteiger charge is 2.38. The van der Waals surface area contributed by atoms with E-state index in [9.17, 15) is 0 Å². The van der Waals surface area contributed by atoms with Gasteiger partial charge < -0.3 is 0 Å². The molecule has 4 aromatic carbocycles. The van der Waals surface area contributed by atoms with Crippen LogP contribution in [-0.2, 0) is 0 Å². The van der Waals surface area contributed by atoms with Gasteiger partial charge in [-0.25, -0.2) is 0 Å². The molecule has 0 unspecified atom stereocenters. The van der Waals surface area contributed by atoms with Gasteiger partial charge in [0.25, 0.3) is 0 Å². The summed E-state index contributed by atoms with van der Waals surface area (Å²) in [4.78, 5) is 0. The van der Waals surface area contributed by atoms with E-state index in [1.54, 1.807) is 0 Å². The highest BCUT2D eigenvalue weighted by atomic mass is 127. The molecule has 4 heteroatoms. The largest absolute Gasteiger partial charge is 0.105 e. The smallest absolute Gasteiger partial charge is 0.0622 e. The zero-order valence-electron chi connectivity index (χ0n) is 16.4. The quantitative estimate of drug-likeness (QED) is 0.118. The van der Waals surface area contributed by atoms with Crippen LogP contribution in [0.2, 0.25) is 0 Å². The molecule has 0 spiro atoms. The Morgan fingerprint density at radius 1 is 0.467 bits per heavy atom. The Balaban J connectivity index is 1.77. The monoisotopic (exact) mass is 650 g/mol. The first-order valence-corrected chi connectivity index (χ1v) is 14.8. The van der Waals surface area contributed by atoms with E-state index in [-0.39, 0.29) is 1.17 Å². The van der Waals surface area contributed by atoms with E-state index < -0.39 is 15.8 Å². The molecule has 0 fully saturated rings. The summed E-state index contributed by atoms with van der Waals surface area (Å²) in [6.45, 7) is 0. The molecule has 4 aromatic rings. The van der Waals surface area contributed by atoms with Crippen molar-refractivity contribution in [2.24, 2.45) is 0 Å². The van der Waals surface area contributed by atoms with Crippen LogP contribution in [0.15, 0.2) is 121 Å². The van der Waals surface area contributed by atoms with Crippen LogP contribution in [0, 0.1) is 0 Å². The highest BCUT2D eigenvalue weighted by Crippen LogP contribution is 2.61. The summed E-state index contributed by atoms with van der Waals surface area (Å²) in [6.07, 6.45) is 1.13. The van der Waals surface area contributed by atoms with Gasteiger partial charge in [-0.05, 0) is 37.1 Å². The van der Waals surface area contributed by atoms with Crippen molar-refractivity contribution >= 4 is 82.2 Å². The van der Waals surface area contributed by atoms with Crippen molar-refractivity contribution in [3.05, 3.63) is 121 Å². The molecule has 0 aromatic heterocycles. The predicted octanol–water partition coefficient (Wildman–Crippen LogP) is 6.78. The number of halogens is 2. The third-order valence-electron chi connectivity index (χ3n) is 4.84. The fourth-order valence-electron chi connectivity index (χ4n) is 3.49. The standard InChI is InChI=1S/C26H22I2P2/c27-26(28,30(24-17-9-3-10-18-24)25-19-11-4-12-20-25)21-29(22-13-5-1-6-14-22)23-15-7-2-8-16-23/h1-20H,21H2. The minimum Gasteiger partial charge on any atom is -0.0622 e. The Morgan fingerprint density at radius 2 is 0.767 bits per heavy atom. The van der Waals surface area contributed by atoms with Crippen LogP contribution < -0.4 is 21.2 Å². The first-order valence-electron chi connectivity index (χ1n) is 9.81. The van der Waals surface area contributed by atoms with E-state index in [1.165, 1.54) is 21.2 Å². The summed E-state index contributed by atoms with van der Waals surface area (Å²) in [5, 5.41) is 5.79. The van der Waals surface area contributed by atoms with Crippen molar-refractivity contribution in [3.63, 3.8) is 0 Å². The molecule has 0 bridgehead atoms. The Labute approximate surface area is 209 Å². The lowest BCUT2D eigenvalue weighted by atomic mass is 10.4. The molecule has 0 heterocycles. The molecule has 0 N–H and O–H groups in total. The number of hydrogen-bond donors (Lipinski definition) is 0. The lowest BCUT2D eigenvalue weighted by Gasteiger charge is -2.35. The van der Waals surface area contributed by atoms with Gasteiger partial charge >= 0.3 is 0 Å². The van der Waals surface area contributed by atoms with Crippen LogP contribution in [0.25, 0.3) is 0 Å². The van der Waals surface area contributed by atoms with Crippen molar-refractivity contribution in [1.29, 1.82) is 0 Å². The normalized spacial score (nSPS) is 11.7. The maximum Gasteiger partial charge on any atom is 0.105 e. The second-order valence-corrected chi connectivity index (χ2v) is 19.1. The Bertz CT molecular complexity index is 960. The molecule has 0 amide bonds. The van der Waals surface area contributed by atoms with E-state index in [0.29, 0.717) is 0 Å². The summed E-state index contributed by atoms with van der Waals surface area (Å²) < 4.78 is 0.0882. The van der Waals surface area contributed by atoms with E-state index in [0.717, 1.165) is 6.16 Å². The molecular weight excluding hydrogens is 628 g/mol. The SMILES string of the molecule is IC(I)(CP(c1ccccc1)c1ccccc1)P(c1ccccc1)c1ccccc1. The van der Waals surface area contributed by atoms with Crippen molar-refractivity contribution in [2.45, 2.75) is 1.17 Å². The molecule has 30 heavy (non-hydrogen) atoms. The molecule has 4 rings (SSSR count). The summed E-state index contributed by atoms with van der Waals surface area (Å²) in [5.74, 6) is 0. The van der Waals surface area contributed by atoms with Crippen LogP contribution in [0.5, 0.6) is 0 Å². The summed E-state index contributed by atoms with van der Waals surface area (Å²) in [5.41, 5.74) is 0. The van der Waals surface area contributed by atoms with E-state index >= 15 is 0 Å². The molecule has 0 aliphatic carbocycles. The maximum absolute atomic E-state index is 2.75. The van der Waals surface area contributed by atoms with Crippen molar-refractivity contribution in [2.75, 3.05) is 6.16 Å². The van der Waals surface area contributed by atoms with Gasteiger partial charge in [0, 0.05) is 6.16 Å². The van der Waals surface area contributed by atoms with Crippen molar-refractivity contribution < 1.29 is 0 Å². The molecule has 0 radical (unpaired) electrons. The Kier molecular flexibility index (Phi) is 7.97. The predicted molar refractivity (Wildman–Crippen MR) is 154 cm³/mol. The average molecular weight is 650 g/mol. The zero-order valence-corrected chi connectivity index (χ0v) is 22.5. The van der Waals surface area contributed by atoms with Gasteiger partial charge in [0.15, 0.2) is 0 Å². The molecular formula is C26H22I2P2. The van der Waals surface area contributed by atoms with Gasteiger partial charge in [-0.2, -0.15) is 0 Å². The van der Waals surface area contributed by atoms with Crippen LogP contribution in [0.4, 0.5) is 0 Å². The third kappa shape index (κ3) is 5.51. The van der Waals surface area contributed by atoms with Crippen LogP contribution in [-0.4, -0.2) is 7.33 Å². The fourth-order valence-corrected chi connectivity index (χ4v) is 14.0. The van der Waals surface area contributed by atoms with Gasteiger partial charge in [-0.15, -0.1) is 0 Å². The second kappa shape index (κ2) is 10.7. The molecule has 0 aliphatic rings. The summed E-state index contributed by atoms with van der Waals surface area (Å²) in [7, 11) is -0.969. The number of rotatable bonds is 7. The summed E-state index contributed by atoms with van der Waals surface area (Å²) in [6, 6.07) is 44.3. The lowest BCUT2D eigenvalue weighted by Crippen LogP contribution is -2.30. The highest BCUT2D eigenvalue weighted by molar-refractivity contribution is 14.2. The topological polar surface area (TPSA) is 0 Å². The Hall–Kier alpha value is -0.800. The molecule has 150 valence electrons. The molecule has 0 atom stereocenters. The lowest BCUT2D eigenvalue weighted by molar-refractivity contribution is 1.43. The van der Waals surface area contributed by atoms with Crippen molar-refractivity contribution in [3.8, 4) is 0 Å². The van der Waals surface area contributed by atoms with Crippen LogP contribution in [0.1, 0.15) is 0 Å². The Morgan fingerprint density at radius 3 is 1.10 bits per heavy atom. The fraction of sp³-hybridized carbons (Fsp3) is 0.0769. The molecule has 0 saturated carbocycles. The van der Waals surface area contributed by atoms with Gasteiger partial charge in [0.05, 0.1) is 0 Å². The first kappa shape index (κ1) is 22.4. The average Bonchev–Trinajstić information content (AvgIpc) is 2.80. The van der Waals surface area contributed by atoms with Gasteiger partial charge in [0.2, 0.25) is 0 Å².